The van der Waals surface area contributed by atoms with Crippen molar-refractivity contribution >= 4 is 37.5 Å². The molecule has 0 aliphatic carbocycles. The molecule has 0 spiro atoms. The van der Waals surface area contributed by atoms with Crippen LogP contribution < -0.4 is 4.90 Å². The lowest BCUT2D eigenvalue weighted by atomic mass is 10.2. The van der Waals surface area contributed by atoms with E-state index in [2.05, 4.69) is 67.0 Å². The predicted molar refractivity (Wildman–Crippen MR) is 83.1 cm³/mol. The van der Waals surface area contributed by atoms with Crippen LogP contribution in [-0.2, 0) is 11.9 Å². The van der Waals surface area contributed by atoms with E-state index in [1.165, 1.54) is 11.3 Å². The zero-order chi connectivity index (χ0) is 13.0. The van der Waals surface area contributed by atoms with E-state index in [4.69, 9.17) is 0 Å². The Bertz CT molecular complexity index is 514. The number of aromatic nitrogens is 1. The highest BCUT2D eigenvalue weighted by molar-refractivity contribution is 9.10. The average molecular weight is 370 g/mol. The molecule has 2 aromatic rings. The molecule has 2 nitrogen and oxygen atoms in total. The molecule has 18 heavy (non-hydrogen) atoms. The van der Waals surface area contributed by atoms with E-state index in [1.807, 2.05) is 24.4 Å². The van der Waals surface area contributed by atoms with Gasteiger partial charge in [0.15, 0.2) is 0 Å². The maximum atomic E-state index is 4.34. The first-order valence-corrected chi connectivity index (χ1v) is 7.57. The second kappa shape index (κ2) is 6.34. The summed E-state index contributed by atoms with van der Waals surface area (Å²) in [7, 11) is 2.07. The Morgan fingerprint density at radius 1 is 1.22 bits per heavy atom. The third kappa shape index (κ3) is 3.33. The summed E-state index contributed by atoms with van der Waals surface area (Å²) in [5.41, 5.74) is 3.50. The molecule has 0 aliphatic heterocycles. The Morgan fingerprint density at radius 3 is 2.67 bits per heavy atom. The fourth-order valence-corrected chi connectivity index (χ4v) is 2.84. The normalized spacial score (nSPS) is 10.4. The molecule has 1 aromatic carbocycles. The van der Waals surface area contributed by atoms with Crippen LogP contribution in [-0.4, -0.2) is 12.0 Å². The van der Waals surface area contributed by atoms with Crippen molar-refractivity contribution in [1.29, 1.82) is 0 Å². The molecule has 0 unspecified atom stereocenters. The van der Waals surface area contributed by atoms with E-state index in [0.29, 0.717) is 0 Å². The van der Waals surface area contributed by atoms with Crippen molar-refractivity contribution in [1.82, 2.24) is 4.98 Å². The summed E-state index contributed by atoms with van der Waals surface area (Å²) >= 11 is 7.08. The second-order valence-corrected chi connectivity index (χ2v) is 5.51. The van der Waals surface area contributed by atoms with Gasteiger partial charge >= 0.3 is 0 Å². The van der Waals surface area contributed by atoms with Crippen LogP contribution in [0.1, 0.15) is 11.3 Å². The Labute approximate surface area is 124 Å². The molecule has 0 bridgehead atoms. The number of anilines is 1. The molecule has 1 heterocycles. The third-order valence-corrected chi connectivity index (χ3v) is 3.99. The first kappa shape index (κ1) is 13.6. The lowest BCUT2D eigenvalue weighted by molar-refractivity contribution is 0.882. The van der Waals surface area contributed by atoms with Gasteiger partial charge in [-0.25, -0.2) is 0 Å². The van der Waals surface area contributed by atoms with Crippen molar-refractivity contribution < 1.29 is 0 Å². The maximum absolute atomic E-state index is 4.34. The quantitative estimate of drug-likeness (QED) is 0.743. The van der Waals surface area contributed by atoms with E-state index in [0.717, 1.165) is 22.0 Å². The fourth-order valence-electron chi connectivity index (χ4n) is 1.76. The Balaban J connectivity index is 2.16. The van der Waals surface area contributed by atoms with Gasteiger partial charge < -0.3 is 4.90 Å². The highest BCUT2D eigenvalue weighted by Gasteiger charge is 2.07. The first-order valence-electron chi connectivity index (χ1n) is 5.66. The summed E-state index contributed by atoms with van der Waals surface area (Å²) < 4.78 is 1.11. The van der Waals surface area contributed by atoms with E-state index >= 15 is 0 Å². The Hall–Kier alpha value is -0.870. The van der Waals surface area contributed by atoms with Crippen LogP contribution >= 0.6 is 31.9 Å². The molecule has 2 rings (SSSR count). The van der Waals surface area contributed by atoms with Crippen molar-refractivity contribution in [2.24, 2.45) is 0 Å². The maximum Gasteiger partial charge on any atom is 0.0599 e. The number of rotatable bonds is 4. The van der Waals surface area contributed by atoms with E-state index in [1.54, 1.807) is 0 Å². The number of hydrogen-bond donors (Lipinski definition) is 0. The Kier molecular flexibility index (Phi) is 4.78. The van der Waals surface area contributed by atoms with E-state index in [-0.39, 0.29) is 0 Å². The minimum absolute atomic E-state index is 0.799. The van der Waals surface area contributed by atoms with Crippen molar-refractivity contribution in [3.05, 3.63) is 58.3 Å². The van der Waals surface area contributed by atoms with Crippen LogP contribution in [0.5, 0.6) is 0 Å². The van der Waals surface area contributed by atoms with Crippen molar-refractivity contribution in [2.45, 2.75) is 11.9 Å². The molecular weight excluding hydrogens is 356 g/mol. The zero-order valence-corrected chi connectivity index (χ0v) is 13.3. The van der Waals surface area contributed by atoms with Gasteiger partial charge in [0, 0.05) is 23.0 Å². The molecule has 0 N–H and O–H groups in total. The summed E-state index contributed by atoms with van der Waals surface area (Å²) in [6.07, 6.45) is 1.83. The number of halogens is 2. The third-order valence-electron chi connectivity index (χ3n) is 2.70. The van der Waals surface area contributed by atoms with Crippen LogP contribution in [0.25, 0.3) is 0 Å². The minimum Gasteiger partial charge on any atom is -0.368 e. The van der Waals surface area contributed by atoms with Gasteiger partial charge in [0.05, 0.1) is 17.9 Å². The summed E-state index contributed by atoms with van der Waals surface area (Å²) in [4.78, 5) is 6.53. The minimum atomic E-state index is 0.799. The second-order valence-electron chi connectivity index (χ2n) is 4.10. The highest BCUT2D eigenvalue weighted by atomic mass is 79.9. The van der Waals surface area contributed by atoms with Gasteiger partial charge in [-0.05, 0) is 45.8 Å². The smallest absolute Gasteiger partial charge is 0.0599 e. The number of nitrogens with zero attached hydrogens (tertiary/aromatic N) is 2. The molecule has 0 aliphatic rings. The Morgan fingerprint density at radius 2 is 2.06 bits per heavy atom. The molecule has 0 fully saturated rings. The first-order chi connectivity index (χ1) is 8.70. The van der Waals surface area contributed by atoms with Crippen LogP contribution in [0.3, 0.4) is 0 Å². The van der Waals surface area contributed by atoms with E-state index in [9.17, 15) is 0 Å². The zero-order valence-electron chi connectivity index (χ0n) is 10.1. The molecular formula is C14H14Br2N2. The molecule has 0 atom stereocenters. The molecule has 0 saturated heterocycles. The molecule has 0 radical (unpaired) electrons. The monoisotopic (exact) mass is 368 g/mol. The number of benzene rings is 1. The van der Waals surface area contributed by atoms with Crippen LogP contribution in [0, 0.1) is 0 Å². The fraction of sp³-hybridized carbons (Fsp3) is 0.214. The van der Waals surface area contributed by atoms with Crippen LogP contribution in [0.2, 0.25) is 0 Å². The largest absolute Gasteiger partial charge is 0.368 e. The van der Waals surface area contributed by atoms with Gasteiger partial charge in [-0.2, -0.15) is 0 Å². The van der Waals surface area contributed by atoms with Crippen LogP contribution in [0.15, 0.2) is 47.1 Å². The molecule has 0 amide bonds. The van der Waals surface area contributed by atoms with Crippen molar-refractivity contribution in [2.75, 3.05) is 11.9 Å². The topological polar surface area (TPSA) is 16.1 Å². The summed E-state index contributed by atoms with van der Waals surface area (Å²) in [5, 5.41) is 0.871. The van der Waals surface area contributed by atoms with Gasteiger partial charge in [-0.1, -0.05) is 28.1 Å². The van der Waals surface area contributed by atoms with Gasteiger partial charge in [0.1, 0.15) is 0 Å². The van der Waals surface area contributed by atoms with Gasteiger partial charge in [-0.15, -0.1) is 0 Å². The predicted octanol–water partition coefficient (Wildman–Crippen LogP) is 4.38. The van der Waals surface area contributed by atoms with Crippen LogP contribution in [0.4, 0.5) is 5.69 Å². The SMILES string of the molecule is CN(Cc1ccccn1)c1ccc(CBr)cc1Br. The van der Waals surface area contributed by atoms with Gasteiger partial charge in [0.25, 0.3) is 0 Å². The van der Waals surface area contributed by atoms with Crippen molar-refractivity contribution in [3.8, 4) is 0 Å². The number of hydrogen-bond acceptors (Lipinski definition) is 2. The molecule has 94 valence electrons. The summed E-state index contributed by atoms with van der Waals surface area (Å²) in [5.74, 6) is 0. The van der Waals surface area contributed by atoms with Gasteiger partial charge in [0.2, 0.25) is 0 Å². The molecule has 0 saturated carbocycles. The van der Waals surface area contributed by atoms with Crippen molar-refractivity contribution in [3.63, 3.8) is 0 Å². The average Bonchev–Trinajstić information content (AvgIpc) is 2.39. The lowest BCUT2D eigenvalue weighted by Crippen LogP contribution is -2.17. The summed E-state index contributed by atoms with van der Waals surface area (Å²) in [6, 6.07) is 12.4. The molecule has 1 aromatic heterocycles. The molecule has 4 heteroatoms. The van der Waals surface area contributed by atoms with E-state index < -0.39 is 0 Å². The summed E-state index contributed by atoms with van der Waals surface area (Å²) in [6.45, 7) is 0.799. The highest BCUT2D eigenvalue weighted by Crippen LogP contribution is 2.28. The van der Waals surface area contributed by atoms with Gasteiger partial charge in [-0.3, -0.25) is 4.98 Å². The number of alkyl halides is 1. The number of pyridine rings is 1. The standard InChI is InChI=1S/C14H14Br2N2/c1-18(10-12-4-2-3-7-17-12)14-6-5-11(9-15)8-13(14)16/h2-8H,9-10H2,1H3. The lowest BCUT2D eigenvalue weighted by Gasteiger charge is -2.20.